The summed E-state index contributed by atoms with van der Waals surface area (Å²) in [5, 5.41) is 16.4. The van der Waals surface area contributed by atoms with E-state index in [0.29, 0.717) is 61.8 Å². The van der Waals surface area contributed by atoms with Crippen LogP contribution < -0.4 is 47.1 Å². The van der Waals surface area contributed by atoms with Gasteiger partial charge in [0.05, 0.1) is 4.90 Å². The highest BCUT2D eigenvalue weighted by atomic mass is 32.2. The first-order valence-corrected chi connectivity index (χ1v) is 26.5. The highest BCUT2D eigenvalue weighted by molar-refractivity contribution is 7.90. The molecule has 0 spiro atoms. The number of nitrogens with zero attached hydrogens (tertiary/aromatic N) is 2. The number of carbonyl (C=O) groups is 7. The Hall–Kier alpha value is -5.87. The predicted molar refractivity (Wildman–Crippen MR) is 269 cm³/mol. The van der Waals surface area contributed by atoms with Crippen molar-refractivity contribution in [1.82, 2.24) is 41.5 Å². The molecule has 1 aromatic rings. The number of nitrogens with one attached hydrogen (secondary N) is 7. The Morgan fingerprint density at radius 1 is 0.750 bits per heavy atom. The molecule has 4 rings (SSSR count). The molecule has 22 nitrogen and oxygen atoms in total. The SMILES string of the molecule is Cc1c(C)c(S(=O)(=O)NC(N)=NCCC[C@@H]2NC(=O)[C@H](CCCCNC(=O)OC(C)(C)C)NC(=O)[C@H](CCCCNC(=O)OC(C)(C)C)NC(=O)[C@H](C)NC(=O)[C@H]3CCCN3C2=O)c(C)c2c1CC(C)(C)O2. The van der Waals surface area contributed by atoms with Crippen LogP contribution in [0, 0.1) is 20.8 Å². The molecular weight excluding hydrogens is 953 g/mol. The Balaban J connectivity index is 1.57. The number of nitrogens with two attached hydrogens (primary N) is 1. The highest BCUT2D eigenvalue weighted by Gasteiger charge is 2.41. The second-order valence-corrected chi connectivity index (χ2v) is 23.1. The molecule has 2 fully saturated rings. The Kier molecular flexibility index (Phi) is 20.1. The molecule has 3 heterocycles. The van der Waals surface area contributed by atoms with E-state index < -0.39 is 105 Å². The molecule has 7 amide bonds. The summed E-state index contributed by atoms with van der Waals surface area (Å²) in [7, 11) is -4.23. The zero-order chi connectivity index (χ0) is 53.9. The fourth-order valence-corrected chi connectivity index (χ4v) is 10.4. The second kappa shape index (κ2) is 24.7. The van der Waals surface area contributed by atoms with Crippen molar-refractivity contribution in [3.63, 3.8) is 0 Å². The van der Waals surface area contributed by atoms with Crippen LogP contribution in [-0.2, 0) is 49.9 Å². The van der Waals surface area contributed by atoms with Crippen LogP contribution in [0.2, 0.25) is 0 Å². The van der Waals surface area contributed by atoms with Gasteiger partial charge in [-0.15, -0.1) is 0 Å². The van der Waals surface area contributed by atoms with Crippen LogP contribution in [0.15, 0.2) is 9.89 Å². The molecule has 1 aromatic carbocycles. The number of alkyl carbamates (subject to hydrolysis) is 2. The predicted octanol–water partition coefficient (Wildman–Crippen LogP) is 3.05. The highest BCUT2D eigenvalue weighted by Crippen LogP contribution is 2.44. The van der Waals surface area contributed by atoms with Gasteiger partial charge in [-0.1, -0.05) is 0 Å². The number of hydrogen-bond donors (Lipinski definition) is 8. The summed E-state index contributed by atoms with van der Waals surface area (Å²) in [6.07, 6.45) is 1.89. The van der Waals surface area contributed by atoms with Crippen molar-refractivity contribution in [2.24, 2.45) is 10.7 Å². The fraction of sp³-hybridized carbons (Fsp3) is 0.714. The van der Waals surface area contributed by atoms with Crippen LogP contribution in [0.5, 0.6) is 5.75 Å². The van der Waals surface area contributed by atoms with Gasteiger partial charge in [0, 0.05) is 43.7 Å². The summed E-state index contributed by atoms with van der Waals surface area (Å²) in [5.74, 6) is -3.09. The lowest BCUT2D eigenvalue weighted by atomic mass is 9.93. The summed E-state index contributed by atoms with van der Waals surface area (Å²) in [4.78, 5) is 101. The van der Waals surface area contributed by atoms with Gasteiger partial charge in [-0.3, -0.25) is 29.0 Å². The number of aliphatic imine (C=N–C) groups is 1. The summed E-state index contributed by atoms with van der Waals surface area (Å²) in [6.45, 7) is 21.6. The minimum Gasteiger partial charge on any atom is -0.487 e. The van der Waals surface area contributed by atoms with E-state index in [9.17, 15) is 42.0 Å². The number of fused-ring (bicyclic) bond motifs is 2. The maximum absolute atomic E-state index is 14.5. The van der Waals surface area contributed by atoms with Gasteiger partial charge in [0.15, 0.2) is 0 Å². The fourth-order valence-electron chi connectivity index (χ4n) is 8.86. The molecule has 0 aliphatic carbocycles. The monoisotopic (exact) mass is 1030 g/mol. The number of guanidine groups is 1. The molecular formula is C49H80N10O12S. The van der Waals surface area contributed by atoms with E-state index in [0.717, 1.165) is 11.1 Å². The van der Waals surface area contributed by atoms with Crippen LogP contribution in [0.4, 0.5) is 9.59 Å². The first-order chi connectivity index (χ1) is 33.4. The number of ether oxygens (including phenoxy) is 3. The van der Waals surface area contributed by atoms with E-state index in [1.807, 2.05) is 20.8 Å². The molecule has 404 valence electrons. The zero-order valence-electron chi connectivity index (χ0n) is 44.3. The van der Waals surface area contributed by atoms with Gasteiger partial charge in [0.25, 0.3) is 10.0 Å². The number of hydrogen-bond acceptors (Lipinski definition) is 13. The lowest BCUT2D eigenvalue weighted by molar-refractivity contribution is -0.142. The third kappa shape index (κ3) is 17.1. The quantitative estimate of drug-likeness (QED) is 0.0672. The van der Waals surface area contributed by atoms with Gasteiger partial charge < -0.3 is 56.7 Å². The van der Waals surface area contributed by atoms with Gasteiger partial charge >= 0.3 is 12.2 Å². The first-order valence-electron chi connectivity index (χ1n) is 25.0. The van der Waals surface area contributed by atoms with Crippen molar-refractivity contribution in [2.75, 3.05) is 26.2 Å². The molecule has 2 saturated heterocycles. The van der Waals surface area contributed by atoms with Gasteiger partial charge in [0.2, 0.25) is 35.5 Å². The van der Waals surface area contributed by atoms with Crippen LogP contribution in [0.3, 0.4) is 0 Å². The largest absolute Gasteiger partial charge is 0.487 e. The molecule has 3 aliphatic rings. The third-order valence-corrected chi connectivity index (χ3v) is 14.0. The number of rotatable bonds is 16. The second-order valence-electron chi connectivity index (χ2n) is 21.5. The van der Waals surface area contributed by atoms with E-state index in [4.69, 9.17) is 19.9 Å². The molecule has 72 heavy (non-hydrogen) atoms. The molecule has 23 heteroatoms. The van der Waals surface area contributed by atoms with Crippen molar-refractivity contribution in [3.05, 3.63) is 22.3 Å². The first kappa shape index (κ1) is 58.7. The lowest BCUT2D eigenvalue weighted by Crippen LogP contribution is -2.57. The molecule has 0 unspecified atom stereocenters. The van der Waals surface area contributed by atoms with Crippen LogP contribution in [0.1, 0.15) is 149 Å². The Morgan fingerprint density at radius 3 is 1.81 bits per heavy atom. The Bertz CT molecular complexity index is 2330. The van der Waals surface area contributed by atoms with Crippen molar-refractivity contribution < 1.29 is 56.2 Å². The normalized spacial score (nSPS) is 22.2. The van der Waals surface area contributed by atoms with Crippen LogP contribution in [0.25, 0.3) is 0 Å². The van der Waals surface area contributed by atoms with Crippen molar-refractivity contribution >= 4 is 57.7 Å². The average molecular weight is 1030 g/mol. The van der Waals surface area contributed by atoms with Gasteiger partial charge in [-0.05, 0) is 158 Å². The van der Waals surface area contributed by atoms with Crippen LogP contribution >= 0.6 is 0 Å². The third-order valence-electron chi connectivity index (χ3n) is 12.4. The maximum atomic E-state index is 14.5. The van der Waals surface area contributed by atoms with E-state index in [1.165, 1.54) is 11.8 Å². The summed E-state index contributed by atoms with van der Waals surface area (Å²) in [5.41, 5.74) is 7.03. The summed E-state index contributed by atoms with van der Waals surface area (Å²) in [6, 6.07) is -5.71. The summed E-state index contributed by atoms with van der Waals surface area (Å²) >= 11 is 0. The average Bonchev–Trinajstić information content (AvgIpc) is 3.88. The zero-order valence-corrected chi connectivity index (χ0v) is 45.1. The van der Waals surface area contributed by atoms with Gasteiger partial charge in [-0.2, -0.15) is 0 Å². The van der Waals surface area contributed by atoms with Gasteiger partial charge in [0.1, 0.15) is 52.8 Å². The summed E-state index contributed by atoms with van der Waals surface area (Å²) < 4.78 is 46.8. The molecule has 0 bridgehead atoms. The molecule has 3 aliphatic heterocycles. The maximum Gasteiger partial charge on any atom is 0.407 e. The topological polar surface area (TPSA) is 307 Å². The van der Waals surface area contributed by atoms with E-state index in [-0.39, 0.29) is 56.8 Å². The van der Waals surface area contributed by atoms with E-state index in [2.05, 4.69) is 41.6 Å². The standard InChI is InChI=1S/C49H80N10O12S/c1-28-29(2)38(30(3)37-32(28)27-49(11,12)69-37)72(67,68)58-44(50)51-25-17-21-35-43(64)59-26-18-22-36(59)42(63)54-31(4)39(60)55-33(19-13-15-23-52-45(65)70-47(5,6)7)40(61)56-34(41(62)57-35)20-14-16-24-53-46(66)71-48(8,9)10/h31,33-36H,13-27H2,1-12H3,(H,52,65)(H,53,66)(H,54,63)(H,55,60)(H,56,61)(H,57,62)(H3,50,51,58)/t31-,33-,34-,35-,36+/m0/s1. The smallest absolute Gasteiger partial charge is 0.407 e. The minimum atomic E-state index is -4.23. The molecule has 0 saturated carbocycles. The molecule has 5 atom stereocenters. The van der Waals surface area contributed by atoms with Crippen molar-refractivity contribution in [2.45, 2.75) is 206 Å². The van der Waals surface area contributed by atoms with E-state index in [1.54, 1.807) is 55.4 Å². The van der Waals surface area contributed by atoms with Crippen molar-refractivity contribution in [3.8, 4) is 5.75 Å². The van der Waals surface area contributed by atoms with E-state index >= 15 is 0 Å². The molecule has 0 aromatic heterocycles. The minimum absolute atomic E-state index is 0.0226. The number of unbranched alkanes of at least 4 members (excludes halogenated alkanes) is 2. The number of carbonyl (C=O) groups excluding carboxylic acids is 7. The molecule has 0 radical (unpaired) electrons. The Labute approximate surface area is 424 Å². The lowest BCUT2D eigenvalue weighted by Gasteiger charge is -2.30. The number of benzene rings is 1. The van der Waals surface area contributed by atoms with Crippen LogP contribution in [-0.4, -0.2) is 134 Å². The molecule has 9 N–H and O–H groups in total. The van der Waals surface area contributed by atoms with Crippen molar-refractivity contribution in [1.29, 1.82) is 0 Å². The Morgan fingerprint density at radius 2 is 1.26 bits per heavy atom. The van der Waals surface area contributed by atoms with Gasteiger partial charge in [-0.25, -0.2) is 22.7 Å². The number of sulfonamides is 1. The number of amides is 7.